The third-order valence-electron chi connectivity index (χ3n) is 3.13. The maximum atomic E-state index is 11.8. The molecular weight excluding hydrogens is 252 g/mol. The second-order valence-corrected chi connectivity index (χ2v) is 4.77. The molecule has 0 spiro atoms. The molecular formula is C13H17ClN2O2. The molecule has 0 N–H and O–H groups in total. The average molecular weight is 269 g/mol. The van der Waals surface area contributed by atoms with Crippen LogP contribution in [-0.4, -0.2) is 30.6 Å². The van der Waals surface area contributed by atoms with Gasteiger partial charge in [0.2, 0.25) is 0 Å². The van der Waals surface area contributed by atoms with Crippen molar-refractivity contribution in [3.63, 3.8) is 0 Å². The van der Waals surface area contributed by atoms with Crippen LogP contribution < -0.4 is 4.90 Å². The van der Waals surface area contributed by atoms with Gasteiger partial charge in [-0.15, -0.1) is 0 Å². The fourth-order valence-electron chi connectivity index (χ4n) is 2.27. The molecule has 0 aliphatic carbocycles. The van der Waals surface area contributed by atoms with Crippen LogP contribution in [0.25, 0.3) is 0 Å². The molecule has 0 amide bonds. The second-order valence-electron chi connectivity index (χ2n) is 4.36. The molecule has 1 atom stereocenters. The van der Waals surface area contributed by atoms with E-state index in [1.54, 1.807) is 12.4 Å². The van der Waals surface area contributed by atoms with E-state index in [0.29, 0.717) is 18.2 Å². The van der Waals surface area contributed by atoms with E-state index in [4.69, 9.17) is 16.3 Å². The quantitative estimate of drug-likeness (QED) is 0.790. The number of carbonyl (C=O) groups is 1. The molecule has 1 aromatic rings. The first kappa shape index (κ1) is 13.1. The van der Waals surface area contributed by atoms with Crippen molar-refractivity contribution in [3.05, 3.63) is 23.5 Å². The van der Waals surface area contributed by atoms with E-state index in [0.717, 1.165) is 25.1 Å². The third kappa shape index (κ3) is 2.93. The summed E-state index contributed by atoms with van der Waals surface area (Å²) >= 11 is 6.13. The molecule has 1 aliphatic rings. The molecule has 2 rings (SSSR count). The Morgan fingerprint density at radius 1 is 1.67 bits per heavy atom. The Morgan fingerprint density at radius 2 is 2.50 bits per heavy atom. The lowest BCUT2D eigenvalue weighted by molar-refractivity contribution is -0.148. The van der Waals surface area contributed by atoms with Crippen LogP contribution in [0, 0.1) is 5.92 Å². The number of nitrogens with zero attached hydrogens (tertiary/aromatic N) is 2. The molecule has 4 nitrogen and oxygen atoms in total. The Kier molecular flexibility index (Phi) is 4.42. The highest BCUT2D eigenvalue weighted by molar-refractivity contribution is 6.33. The number of ether oxygens (including phenoxy) is 1. The number of carbonyl (C=O) groups excluding carboxylic acids is 1. The zero-order valence-electron chi connectivity index (χ0n) is 10.4. The Morgan fingerprint density at radius 3 is 3.22 bits per heavy atom. The van der Waals surface area contributed by atoms with Gasteiger partial charge in [0.25, 0.3) is 0 Å². The maximum Gasteiger partial charge on any atom is 0.310 e. The Hall–Kier alpha value is -1.29. The number of halogens is 1. The normalized spacial score (nSPS) is 19.7. The van der Waals surface area contributed by atoms with Crippen LogP contribution in [0.2, 0.25) is 5.02 Å². The van der Waals surface area contributed by atoms with E-state index in [1.807, 2.05) is 13.0 Å². The van der Waals surface area contributed by atoms with Gasteiger partial charge >= 0.3 is 5.97 Å². The van der Waals surface area contributed by atoms with Crippen molar-refractivity contribution in [1.29, 1.82) is 0 Å². The molecule has 98 valence electrons. The second kappa shape index (κ2) is 6.05. The molecule has 0 radical (unpaired) electrons. The van der Waals surface area contributed by atoms with E-state index in [9.17, 15) is 4.79 Å². The number of aromatic nitrogens is 1. The number of hydrogen-bond donors (Lipinski definition) is 0. The molecule has 0 aromatic carbocycles. The number of hydrogen-bond acceptors (Lipinski definition) is 4. The summed E-state index contributed by atoms with van der Waals surface area (Å²) in [7, 11) is 0. The zero-order chi connectivity index (χ0) is 13.0. The van der Waals surface area contributed by atoms with Crippen LogP contribution in [0.5, 0.6) is 0 Å². The largest absolute Gasteiger partial charge is 0.466 e. The van der Waals surface area contributed by atoms with Crippen LogP contribution in [0.3, 0.4) is 0 Å². The van der Waals surface area contributed by atoms with Crippen LogP contribution in [0.4, 0.5) is 5.69 Å². The standard InChI is InChI=1S/C13H17ClN2O2/c1-2-18-13(17)10-4-3-7-16(9-10)12-5-6-15-8-11(12)14/h5-6,8,10H,2-4,7,9H2,1H3/t10-/m0/s1. The molecule has 1 aliphatic heterocycles. The fraction of sp³-hybridized carbons (Fsp3) is 0.538. The lowest BCUT2D eigenvalue weighted by atomic mass is 9.98. The highest BCUT2D eigenvalue weighted by atomic mass is 35.5. The molecule has 2 heterocycles. The van der Waals surface area contributed by atoms with Gasteiger partial charge in [0, 0.05) is 25.5 Å². The van der Waals surface area contributed by atoms with Crippen molar-refractivity contribution < 1.29 is 9.53 Å². The summed E-state index contributed by atoms with van der Waals surface area (Å²) < 4.78 is 5.08. The SMILES string of the molecule is CCOC(=O)[C@H]1CCCN(c2ccncc2Cl)C1. The molecule has 5 heteroatoms. The minimum atomic E-state index is -0.104. The van der Waals surface area contributed by atoms with Gasteiger partial charge in [-0.2, -0.15) is 0 Å². The molecule has 1 saturated heterocycles. The summed E-state index contributed by atoms with van der Waals surface area (Å²) in [5.74, 6) is -0.157. The zero-order valence-corrected chi connectivity index (χ0v) is 11.2. The predicted molar refractivity (Wildman–Crippen MR) is 70.8 cm³/mol. The van der Waals surface area contributed by atoms with Gasteiger partial charge in [-0.05, 0) is 25.8 Å². The smallest absolute Gasteiger partial charge is 0.310 e. The fourth-order valence-corrected chi connectivity index (χ4v) is 2.51. The van der Waals surface area contributed by atoms with Gasteiger partial charge < -0.3 is 9.64 Å². The minimum absolute atomic E-state index is 0.0528. The third-order valence-corrected chi connectivity index (χ3v) is 3.42. The van der Waals surface area contributed by atoms with Crippen molar-refractivity contribution in [2.24, 2.45) is 5.92 Å². The number of anilines is 1. The molecule has 18 heavy (non-hydrogen) atoms. The van der Waals surface area contributed by atoms with Crippen LogP contribution >= 0.6 is 11.6 Å². The van der Waals surface area contributed by atoms with E-state index < -0.39 is 0 Å². The summed E-state index contributed by atoms with van der Waals surface area (Å²) in [5.41, 5.74) is 0.945. The van der Waals surface area contributed by atoms with Gasteiger partial charge in [-0.1, -0.05) is 11.6 Å². The average Bonchev–Trinajstić information content (AvgIpc) is 2.40. The summed E-state index contributed by atoms with van der Waals surface area (Å²) in [4.78, 5) is 17.9. The lowest BCUT2D eigenvalue weighted by Gasteiger charge is -2.33. The molecule has 1 aromatic heterocycles. The first-order valence-electron chi connectivity index (χ1n) is 6.23. The Balaban J connectivity index is 2.07. The summed E-state index contributed by atoms with van der Waals surface area (Å²) in [5, 5.41) is 0.627. The van der Waals surface area contributed by atoms with E-state index in [1.165, 1.54) is 0 Å². The first-order valence-corrected chi connectivity index (χ1v) is 6.61. The van der Waals surface area contributed by atoms with Gasteiger partial charge in [-0.25, -0.2) is 0 Å². The lowest BCUT2D eigenvalue weighted by Crippen LogP contribution is -2.39. The van der Waals surface area contributed by atoms with Crippen molar-refractivity contribution >= 4 is 23.3 Å². The van der Waals surface area contributed by atoms with Crippen LogP contribution in [-0.2, 0) is 9.53 Å². The van der Waals surface area contributed by atoms with Crippen molar-refractivity contribution in [2.75, 3.05) is 24.6 Å². The van der Waals surface area contributed by atoms with Crippen molar-refractivity contribution in [1.82, 2.24) is 4.98 Å². The van der Waals surface area contributed by atoms with Crippen LogP contribution in [0.1, 0.15) is 19.8 Å². The highest BCUT2D eigenvalue weighted by Crippen LogP contribution is 2.29. The number of rotatable bonds is 3. The van der Waals surface area contributed by atoms with Crippen molar-refractivity contribution in [2.45, 2.75) is 19.8 Å². The van der Waals surface area contributed by atoms with Gasteiger partial charge in [0.05, 0.1) is 23.2 Å². The van der Waals surface area contributed by atoms with Crippen LogP contribution in [0.15, 0.2) is 18.5 Å². The highest BCUT2D eigenvalue weighted by Gasteiger charge is 2.27. The van der Waals surface area contributed by atoms with Gasteiger partial charge in [0.1, 0.15) is 0 Å². The number of esters is 1. The van der Waals surface area contributed by atoms with E-state index in [2.05, 4.69) is 9.88 Å². The first-order chi connectivity index (χ1) is 8.72. The van der Waals surface area contributed by atoms with Crippen molar-refractivity contribution in [3.8, 4) is 0 Å². The number of piperidine rings is 1. The predicted octanol–water partition coefficient (Wildman–Crippen LogP) is 2.51. The summed E-state index contributed by atoms with van der Waals surface area (Å²) in [6.45, 7) is 3.85. The minimum Gasteiger partial charge on any atom is -0.466 e. The van der Waals surface area contributed by atoms with Gasteiger partial charge in [0.15, 0.2) is 0 Å². The Labute approximate surface area is 112 Å². The van der Waals surface area contributed by atoms with E-state index in [-0.39, 0.29) is 11.9 Å². The maximum absolute atomic E-state index is 11.8. The topological polar surface area (TPSA) is 42.4 Å². The number of pyridine rings is 1. The monoisotopic (exact) mass is 268 g/mol. The Bertz CT molecular complexity index is 425. The van der Waals surface area contributed by atoms with E-state index >= 15 is 0 Å². The molecule has 1 fully saturated rings. The molecule has 0 unspecified atom stereocenters. The van der Waals surface area contributed by atoms with Gasteiger partial charge in [-0.3, -0.25) is 9.78 Å². The summed E-state index contributed by atoms with van der Waals surface area (Å²) in [6.07, 6.45) is 5.21. The molecule has 0 saturated carbocycles. The summed E-state index contributed by atoms with van der Waals surface area (Å²) in [6, 6.07) is 1.88. The molecule has 0 bridgehead atoms.